The van der Waals surface area contributed by atoms with Crippen LogP contribution in [0, 0.1) is 0 Å². The van der Waals surface area contributed by atoms with Gasteiger partial charge in [-0.25, -0.2) is 0 Å². The normalized spacial score (nSPS) is 22.4. The Kier molecular flexibility index (Phi) is 9.19. The second kappa shape index (κ2) is 11.9. The fourth-order valence-electron chi connectivity index (χ4n) is 4.79. The first-order valence-corrected chi connectivity index (χ1v) is 11.5. The lowest BCUT2D eigenvalue weighted by molar-refractivity contribution is 0.145. The van der Waals surface area contributed by atoms with E-state index in [-0.39, 0.29) is 24.0 Å². The van der Waals surface area contributed by atoms with Gasteiger partial charge < -0.3 is 10.2 Å². The average molecular weight is 537 g/mol. The van der Waals surface area contributed by atoms with Gasteiger partial charge in [-0.15, -0.1) is 24.0 Å². The predicted octanol–water partition coefficient (Wildman–Crippen LogP) is 3.85. The second-order valence-corrected chi connectivity index (χ2v) is 8.68. The van der Waals surface area contributed by atoms with Crippen molar-refractivity contribution in [2.75, 3.05) is 32.7 Å². The number of aliphatic imine (C=N–C) groups is 1. The monoisotopic (exact) mass is 536 g/mol. The molecular weight excluding hydrogens is 499 g/mol. The summed E-state index contributed by atoms with van der Waals surface area (Å²) in [6.07, 6.45) is 9.19. The quantitative estimate of drug-likeness (QED) is 0.346. The lowest BCUT2D eigenvalue weighted by Gasteiger charge is -2.35. The summed E-state index contributed by atoms with van der Waals surface area (Å²) in [6, 6.07) is 11.4. The highest BCUT2D eigenvalue weighted by atomic mass is 127. The number of benzene rings is 1. The smallest absolute Gasteiger partial charge is 0.193 e. The molecule has 6 nitrogen and oxygen atoms in total. The van der Waals surface area contributed by atoms with Crippen molar-refractivity contribution in [2.24, 2.45) is 12.0 Å². The molecule has 3 heterocycles. The zero-order valence-corrected chi connectivity index (χ0v) is 21.2. The molecule has 2 atom stereocenters. The van der Waals surface area contributed by atoms with Crippen molar-refractivity contribution in [3.05, 3.63) is 53.9 Å². The third-order valence-electron chi connectivity index (χ3n) is 6.45. The van der Waals surface area contributed by atoms with Crippen molar-refractivity contribution in [1.29, 1.82) is 0 Å². The van der Waals surface area contributed by atoms with Crippen LogP contribution in [0.2, 0.25) is 0 Å². The van der Waals surface area contributed by atoms with Crippen LogP contribution in [0.4, 0.5) is 0 Å². The third-order valence-corrected chi connectivity index (χ3v) is 6.45. The Morgan fingerprint density at radius 3 is 2.74 bits per heavy atom. The molecule has 0 bridgehead atoms. The number of aryl methyl sites for hydroxylation is 1. The number of hydrogen-bond donors (Lipinski definition) is 1. The van der Waals surface area contributed by atoms with E-state index in [1.807, 2.05) is 17.9 Å². The fraction of sp³-hybridized carbons (Fsp3) is 0.583. The van der Waals surface area contributed by atoms with Crippen molar-refractivity contribution in [1.82, 2.24) is 24.9 Å². The van der Waals surface area contributed by atoms with Crippen LogP contribution in [-0.2, 0) is 13.6 Å². The second-order valence-electron chi connectivity index (χ2n) is 8.68. The summed E-state index contributed by atoms with van der Waals surface area (Å²) >= 11 is 0. The summed E-state index contributed by atoms with van der Waals surface area (Å²) in [7, 11) is 1.99. The molecule has 2 aliphatic rings. The molecule has 2 aromatic rings. The highest BCUT2D eigenvalue weighted by Crippen LogP contribution is 2.27. The first kappa shape index (κ1) is 24.0. The molecule has 170 valence electrons. The van der Waals surface area contributed by atoms with E-state index in [9.17, 15) is 0 Å². The molecule has 0 aliphatic carbocycles. The minimum absolute atomic E-state index is 0. The van der Waals surface area contributed by atoms with E-state index in [2.05, 4.69) is 63.7 Å². The summed E-state index contributed by atoms with van der Waals surface area (Å²) in [5, 5.41) is 7.90. The van der Waals surface area contributed by atoms with Gasteiger partial charge in [-0.3, -0.25) is 14.6 Å². The highest BCUT2D eigenvalue weighted by molar-refractivity contribution is 14.0. The maximum Gasteiger partial charge on any atom is 0.193 e. The molecule has 31 heavy (non-hydrogen) atoms. The van der Waals surface area contributed by atoms with Crippen LogP contribution < -0.4 is 5.32 Å². The fourth-order valence-corrected chi connectivity index (χ4v) is 4.79. The number of halogens is 1. The minimum atomic E-state index is 0. The van der Waals surface area contributed by atoms with Gasteiger partial charge >= 0.3 is 0 Å². The summed E-state index contributed by atoms with van der Waals surface area (Å²) in [5.41, 5.74) is 2.75. The van der Waals surface area contributed by atoms with E-state index in [0.29, 0.717) is 12.0 Å². The molecule has 0 radical (unpaired) electrons. The number of guanidine groups is 1. The van der Waals surface area contributed by atoms with Crippen molar-refractivity contribution in [3.8, 4) is 0 Å². The molecule has 2 saturated heterocycles. The Labute approximate surface area is 204 Å². The molecule has 1 aromatic heterocycles. The number of nitrogens with one attached hydrogen (secondary N) is 1. The van der Waals surface area contributed by atoms with Gasteiger partial charge in [0.25, 0.3) is 0 Å². The van der Waals surface area contributed by atoms with Gasteiger partial charge in [0.15, 0.2) is 5.96 Å². The maximum absolute atomic E-state index is 5.11. The largest absolute Gasteiger partial charge is 0.357 e. The van der Waals surface area contributed by atoms with E-state index < -0.39 is 0 Å². The molecule has 2 unspecified atom stereocenters. The maximum atomic E-state index is 5.11. The lowest BCUT2D eigenvalue weighted by atomic mass is 10.0. The van der Waals surface area contributed by atoms with Crippen LogP contribution >= 0.6 is 24.0 Å². The Hall–Kier alpha value is -1.61. The molecular formula is C24H37IN6. The van der Waals surface area contributed by atoms with E-state index >= 15 is 0 Å². The summed E-state index contributed by atoms with van der Waals surface area (Å²) in [4.78, 5) is 10.2. The summed E-state index contributed by atoms with van der Waals surface area (Å²) in [6.45, 7) is 8.24. The van der Waals surface area contributed by atoms with Crippen molar-refractivity contribution >= 4 is 29.9 Å². The Balaban J connectivity index is 0.00000272. The number of nitrogens with zero attached hydrogens (tertiary/aromatic N) is 5. The number of likely N-dealkylation sites (tertiary alicyclic amines) is 2. The van der Waals surface area contributed by atoms with Crippen LogP contribution in [-0.4, -0.2) is 64.3 Å². The van der Waals surface area contributed by atoms with Gasteiger partial charge in [0.1, 0.15) is 0 Å². The molecule has 1 aromatic carbocycles. The van der Waals surface area contributed by atoms with Crippen LogP contribution in [0.15, 0.2) is 47.7 Å². The topological polar surface area (TPSA) is 48.7 Å². The molecule has 0 spiro atoms. The van der Waals surface area contributed by atoms with Gasteiger partial charge in [-0.1, -0.05) is 36.8 Å². The zero-order chi connectivity index (χ0) is 20.8. The third kappa shape index (κ3) is 6.44. The SMILES string of the molecule is CCNC(=NCC1CCCCN1Cc1ccccc1)N1CCC(c2cnn(C)c2)C1.I. The van der Waals surface area contributed by atoms with Crippen molar-refractivity contribution in [2.45, 2.75) is 51.1 Å². The Bertz CT molecular complexity index is 820. The first-order valence-electron chi connectivity index (χ1n) is 11.5. The number of rotatable bonds is 6. The standard InChI is InChI=1S/C24H36N6.HI/c1-3-25-24(30-14-12-21(19-30)22-15-27-28(2)18-22)26-16-23-11-7-8-13-29(23)17-20-9-5-4-6-10-20;/h4-6,9-10,15,18,21,23H,3,7-8,11-14,16-17,19H2,1-2H3,(H,25,26);1H. The number of hydrogen-bond acceptors (Lipinski definition) is 3. The number of aromatic nitrogens is 2. The van der Waals surface area contributed by atoms with E-state index in [4.69, 9.17) is 4.99 Å². The van der Waals surface area contributed by atoms with Gasteiger partial charge in [0, 0.05) is 51.4 Å². The molecule has 0 amide bonds. The average Bonchev–Trinajstić information content (AvgIpc) is 3.42. The van der Waals surface area contributed by atoms with Gasteiger partial charge in [-0.05, 0) is 43.9 Å². The van der Waals surface area contributed by atoms with Crippen LogP contribution in [0.25, 0.3) is 0 Å². The summed E-state index contributed by atoms with van der Waals surface area (Å²) in [5.74, 6) is 1.63. The zero-order valence-electron chi connectivity index (χ0n) is 18.9. The molecule has 2 aliphatic heterocycles. The van der Waals surface area contributed by atoms with Crippen LogP contribution in [0.3, 0.4) is 0 Å². The molecule has 4 rings (SSSR count). The van der Waals surface area contributed by atoms with Gasteiger partial charge in [0.05, 0.1) is 12.7 Å². The first-order chi connectivity index (χ1) is 14.7. The summed E-state index contributed by atoms with van der Waals surface area (Å²) < 4.78 is 1.90. The van der Waals surface area contributed by atoms with E-state index in [0.717, 1.165) is 38.7 Å². The van der Waals surface area contributed by atoms with Crippen LogP contribution in [0.1, 0.15) is 49.7 Å². The molecule has 1 N–H and O–H groups in total. The highest BCUT2D eigenvalue weighted by Gasteiger charge is 2.28. The number of piperidine rings is 1. The predicted molar refractivity (Wildman–Crippen MR) is 138 cm³/mol. The van der Waals surface area contributed by atoms with Crippen molar-refractivity contribution in [3.63, 3.8) is 0 Å². The Morgan fingerprint density at radius 1 is 1.16 bits per heavy atom. The van der Waals surface area contributed by atoms with Crippen LogP contribution in [0.5, 0.6) is 0 Å². The molecule has 2 fully saturated rings. The minimum Gasteiger partial charge on any atom is -0.357 e. The van der Waals surface area contributed by atoms with E-state index in [1.54, 1.807) is 0 Å². The molecule has 7 heteroatoms. The van der Waals surface area contributed by atoms with Crippen molar-refractivity contribution < 1.29 is 0 Å². The Morgan fingerprint density at radius 2 is 2.00 bits per heavy atom. The molecule has 0 saturated carbocycles. The van der Waals surface area contributed by atoms with Gasteiger partial charge in [0.2, 0.25) is 0 Å². The van der Waals surface area contributed by atoms with Gasteiger partial charge in [-0.2, -0.15) is 5.10 Å². The lowest BCUT2D eigenvalue weighted by Crippen LogP contribution is -2.43. The van der Waals surface area contributed by atoms with E-state index in [1.165, 1.54) is 43.4 Å².